The molecule has 2 aliphatic rings. The molecule has 1 aliphatic carbocycles. The van der Waals surface area contributed by atoms with E-state index in [2.05, 4.69) is 275 Å². The number of nitrogens with zero attached hydrogens (tertiary/aromatic N) is 4. The Morgan fingerprint density at radius 2 is 1.10 bits per heavy atom. The summed E-state index contributed by atoms with van der Waals surface area (Å²) in [5.41, 5.74) is 17.1. The van der Waals surface area contributed by atoms with Crippen LogP contribution in [0.5, 0.6) is 11.5 Å². The number of halogens is 1. The second-order valence-corrected chi connectivity index (χ2v) is 23.4. The van der Waals surface area contributed by atoms with Gasteiger partial charge in [0.05, 0.1) is 0 Å². The first kappa shape index (κ1) is 52.5. The molecule has 3 heterocycles. The molecule has 12 aromatic rings. The molecule has 0 N–H and O–H groups in total. The Kier molecular flexibility index (Phi) is 13.0. The third-order valence-corrected chi connectivity index (χ3v) is 16.4. The van der Waals surface area contributed by atoms with Crippen molar-refractivity contribution in [2.24, 2.45) is 0 Å². The average molecular weight is 1250 g/mol. The summed E-state index contributed by atoms with van der Waals surface area (Å²) < 4.78 is 25.6. The van der Waals surface area contributed by atoms with E-state index in [1.165, 1.54) is 11.1 Å². The van der Waals surface area contributed by atoms with Gasteiger partial charge >= 0.3 is 0 Å². The number of ether oxygens (including phenoxy) is 1. The summed E-state index contributed by atoms with van der Waals surface area (Å²) in [5.74, 6) is 1.48. The van der Waals surface area contributed by atoms with Crippen LogP contribution in [0.1, 0.15) is 74.9 Å². The van der Waals surface area contributed by atoms with E-state index in [1.807, 2.05) is 24.4 Å². The number of hydrogen-bond acceptors (Lipinski definition) is 4. The van der Waals surface area contributed by atoms with Gasteiger partial charge in [-0.2, -0.15) is 6.07 Å². The summed E-state index contributed by atoms with van der Waals surface area (Å²) in [6.45, 7) is 15.7. The van der Waals surface area contributed by atoms with Crippen LogP contribution in [0.4, 0.5) is 27.1 Å². The van der Waals surface area contributed by atoms with E-state index in [-0.39, 0.29) is 37.7 Å². The molecule has 0 bridgehead atoms. The van der Waals surface area contributed by atoms with Gasteiger partial charge in [-0.15, -0.1) is 53.6 Å². The quantitative estimate of drug-likeness (QED) is 0.135. The molecule has 1 unspecified atom stereocenters. The third kappa shape index (κ3) is 8.75. The number of rotatable bonds is 9. The van der Waals surface area contributed by atoms with E-state index in [4.69, 9.17) is 9.72 Å². The van der Waals surface area contributed by atoms with Crippen molar-refractivity contribution in [3.05, 3.63) is 295 Å². The van der Waals surface area contributed by atoms with Gasteiger partial charge < -0.3 is 19.1 Å². The number of hydrogen-bond donors (Lipinski definition) is 0. The molecule has 404 valence electrons. The topological polar surface area (TPSA) is 33.5 Å². The number of anilines is 4. The summed E-state index contributed by atoms with van der Waals surface area (Å²) in [7, 11) is 0. The number of pyridine rings is 1. The summed E-state index contributed by atoms with van der Waals surface area (Å²) in [4.78, 5) is 9.54. The Labute approximate surface area is 494 Å². The van der Waals surface area contributed by atoms with E-state index >= 15 is 4.39 Å². The molecular formula is C75H58FN4OPt-3. The van der Waals surface area contributed by atoms with Gasteiger partial charge in [-0.1, -0.05) is 199 Å². The van der Waals surface area contributed by atoms with Gasteiger partial charge in [0.15, 0.2) is 0 Å². The number of fused-ring (bicyclic) bond motifs is 7. The molecule has 5 nitrogen and oxygen atoms in total. The van der Waals surface area contributed by atoms with Crippen LogP contribution < -0.4 is 14.5 Å². The van der Waals surface area contributed by atoms with Crippen LogP contribution in [-0.4, -0.2) is 9.55 Å². The van der Waals surface area contributed by atoms with Crippen molar-refractivity contribution < 1.29 is 30.2 Å². The summed E-state index contributed by atoms with van der Waals surface area (Å²) in [5, 5.41) is 2.13. The molecule has 0 fully saturated rings. The SMILES string of the molecule is CC(C)(C)c1ccnc(-n2c3[c-]c(Oc4[c-]c(N5[CH-]N(c6c(-c7ccccc7)cc(C(C)(C)C)cc6-c6ccccc6)c6ccccc65)cc(C5(c6ccccc6)c6ccccc6-c6ccc(F)cc65)c4)ccc3c3ccccc32)c1.[Pt]. The van der Waals surface area contributed by atoms with Crippen LogP contribution in [0, 0.1) is 24.6 Å². The van der Waals surface area contributed by atoms with Crippen molar-refractivity contribution in [3.8, 4) is 50.7 Å². The van der Waals surface area contributed by atoms with Crippen molar-refractivity contribution in [2.75, 3.05) is 9.80 Å². The zero-order chi connectivity index (χ0) is 55.2. The third-order valence-electron chi connectivity index (χ3n) is 16.4. The molecule has 7 heteroatoms. The largest absolute Gasteiger partial charge is 0.509 e. The molecule has 82 heavy (non-hydrogen) atoms. The van der Waals surface area contributed by atoms with Gasteiger partial charge in [0.25, 0.3) is 0 Å². The first-order valence-electron chi connectivity index (χ1n) is 27.8. The molecule has 0 spiro atoms. The van der Waals surface area contributed by atoms with Gasteiger partial charge in [-0.05, 0) is 121 Å². The maximum Gasteiger partial charge on any atom is 0.135 e. The Hall–Kier alpha value is -8.83. The molecule has 0 radical (unpaired) electrons. The predicted octanol–water partition coefficient (Wildman–Crippen LogP) is 19.4. The first-order valence-corrected chi connectivity index (χ1v) is 27.8. The standard InChI is InChI=1S/C75H58FN4O.Pt/c1-73(2,3)52-38-39-77-71(44-52)80-67-31-19-17-29-61(67)62-37-35-57(47-70(62)80)81-58-41-54(75(51-26-14-9-15-27-51)65-30-18-16-28-59(65)60-36-34-55(76)45-66(60)75)40-56(46-58)78-48-79(69-33-21-20-32-68(69)78)72-63(49-22-10-7-11-23-49)42-53(74(4,5)6)43-64(72)50-24-12-8-13-25-50;/h7-45,48H,1-6H3;/q-3;. The van der Waals surface area contributed by atoms with Crippen LogP contribution in [-0.2, 0) is 37.3 Å². The van der Waals surface area contributed by atoms with E-state index in [0.717, 1.165) is 106 Å². The average Bonchev–Trinajstić information content (AvgIpc) is 2.12. The zero-order valence-electron chi connectivity index (χ0n) is 46.5. The summed E-state index contributed by atoms with van der Waals surface area (Å²) in [6.07, 6.45) is 1.90. The minimum atomic E-state index is -0.982. The maximum atomic E-state index is 16.2. The fourth-order valence-corrected chi connectivity index (χ4v) is 12.4. The molecule has 0 saturated carbocycles. The minimum Gasteiger partial charge on any atom is -0.509 e. The van der Waals surface area contributed by atoms with Crippen molar-refractivity contribution in [1.29, 1.82) is 0 Å². The molecular weight excluding hydrogens is 1190 g/mol. The Balaban J connectivity index is 0.00000631. The fourth-order valence-electron chi connectivity index (χ4n) is 12.4. The summed E-state index contributed by atoms with van der Waals surface area (Å²) >= 11 is 0. The van der Waals surface area contributed by atoms with E-state index in [0.29, 0.717) is 11.5 Å². The van der Waals surface area contributed by atoms with Gasteiger partial charge in [0.2, 0.25) is 0 Å². The minimum absolute atomic E-state index is 0. The molecule has 1 aliphatic heterocycles. The van der Waals surface area contributed by atoms with Gasteiger partial charge in [0, 0.05) is 77.9 Å². The van der Waals surface area contributed by atoms with Crippen LogP contribution >= 0.6 is 0 Å². The van der Waals surface area contributed by atoms with Gasteiger partial charge in [-0.3, -0.25) is 0 Å². The zero-order valence-corrected chi connectivity index (χ0v) is 48.8. The predicted molar refractivity (Wildman–Crippen MR) is 330 cm³/mol. The molecule has 14 rings (SSSR count). The van der Waals surface area contributed by atoms with Crippen molar-refractivity contribution in [1.82, 2.24) is 9.55 Å². The van der Waals surface area contributed by atoms with Crippen LogP contribution in [0.2, 0.25) is 0 Å². The van der Waals surface area contributed by atoms with Crippen molar-refractivity contribution in [2.45, 2.75) is 57.8 Å². The van der Waals surface area contributed by atoms with Crippen molar-refractivity contribution >= 4 is 44.6 Å². The Bertz CT molecular complexity index is 4350. The van der Waals surface area contributed by atoms with E-state index < -0.39 is 5.41 Å². The van der Waals surface area contributed by atoms with Crippen LogP contribution in [0.3, 0.4) is 0 Å². The number of aromatic nitrogens is 2. The molecule has 2 aromatic heterocycles. The molecule has 0 saturated heterocycles. The van der Waals surface area contributed by atoms with E-state index in [1.54, 1.807) is 12.1 Å². The molecule has 0 amide bonds. The first-order chi connectivity index (χ1) is 39.3. The smallest absolute Gasteiger partial charge is 0.135 e. The van der Waals surface area contributed by atoms with Gasteiger partial charge in [0.1, 0.15) is 11.6 Å². The number of benzene rings is 10. The molecule has 10 aromatic carbocycles. The van der Waals surface area contributed by atoms with Crippen LogP contribution in [0.15, 0.2) is 237 Å². The Morgan fingerprint density at radius 3 is 1.79 bits per heavy atom. The number of para-hydroxylation sites is 3. The summed E-state index contributed by atoms with van der Waals surface area (Å²) in [6, 6.07) is 87.7. The van der Waals surface area contributed by atoms with Gasteiger partial charge in [-0.25, -0.2) is 9.37 Å². The second-order valence-electron chi connectivity index (χ2n) is 23.4. The second kappa shape index (κ2) is 20.3. The normalized spacial score (nSPS) is 14.6. The maximum absolute atomic E-state index is 16.2. The molecule has 1 atom stereocenters. The van der Waals surface area contributed by atoms with E-state index in [9.17, 15) is 0 Å². The van der Waals surface area contributed by atoms with Crippen LogP contribution in [0.25, 0.3) is 61.0 Å². The fraction of sp³-hybridized carbons (Fsp3) is 0.120. The van der Waals surface area contributed by atoms with Crippen molar-refractivity contribution in [3.63, 3.8) is 0 Å². The Morgan fingerprint density at radius 1 is 0.488 bits per heavy atom. The monoisotopic (exact) mass is 1240 g/mol.